The molecule has 1 aromatic heterocycles. The molecule has 1 amide bonds. The number of carbonyl (C=O) groups excluding carboxylic acids is 1. The van der Waals surface area contributed by atoms with E-state index < -0.39 is 0 Å². The number of nitrogens with zero attached hydrogens (tertiary/aromatic N) is 3. The molecule has 0 saturated carbocycles. The first-order chi connectivity index (χ1) is 9.19. The van der Waals surface area contributed by atoms with Crippen LogP contribution < -0.4 is 5.32 Å². The van der Waals surface area contributed by atoms with Gasteiger partial charge in [0.2, 0.25) is 0 Å². The van der Waals surface area contributed by atoms with Crippen LogP contribution in [0, 0.1) is 0 Å². The fourth-order valence-corrected chi connectivity index (χ4v) is 1.86. The number of hydrogen-bond acceptors (Lipinski definition) is 3. The van der Waals surface area contributed by atoms with Gasteiger partial charge in [0.1, 0.15) is 0 Å². The molecule has 0 radical (unpaired) electrons. The van der Waals surface area contributed by atoms with Crippen molar-refractivity contribution in [3.05, 3.63) is 41.7 Å². The third-order valence-corrected chi connectivity index (χ3v) is 2.89. The number of halogens is 1. The number of amides is 1. The minimum Gasteiger partial charge on any atom is -0.321 e. The van der Waals surface area contributed by atoms with Crippen LogP contribution in [-0.4, -0.2) is 26.8 Å². The predicted octanol–water partition coefficient (Wildman–Crippen LogP) is 2.24. The van der Waals surface area contributed by atoms with Crippen molar-refractivity contribution in [1.82, 2.24) is 15.0 Å². The van der Waals surface area contributed by atoms with Crippen molar-refractivity contribution in [3.63, 3.8) is 0 Å². The Bertz CT molecular complexity index is 567. The van der Waals surface area contributed by atoms with Gasteiger partial charge in [0.25, 0.3) is 5.91 Å². The van der Waals surface area contributed by atoms with Crippen LogP contribution in [0.4, 0.5) is 5.69 Å². The molecule has 6 heteroatoms. The van der Waals surface area contributed by atoms with Gasteiger partial charge in [-0.1, -0.05) is 17.3 Å². The molecule has 19 heavy (non-hydrogen) atoms. The summed E-state index contributed by atoms with van der Waals surface area (Å²) in [5.74, 6) is 0.374. The first-order valence-electron chi connectivity index (χ1n) is 6.01. The Morgan fingerprint density at radius 1 is 1.47 bits per heavy atom. The summed E-state index contributed by atoms with van der Waals surface area (Å²) in [6, 6.07) is 7.72. The molecule has 100 valence electrons. The molecular weight excluding hydrogens is 264 g/mol. The van der Waals surface area contributed by atoms with Crippen LogP contribution in [0.25, 0.3) is 0 Å². The summed E-state index contributed by atoms with van der Waals surface area (Å²) in [4.78, 5) is 11.9. The van der Waals surface area contributed by atoms with Gasteiger partial charge in [-0.15, -0.1) is 16.7 Å². The molecule has 0 aliphatic heterocycles. The van der Waals surface area contributed by atoms with Crippen molar-refractivity contribution in [3.8, 4) is 0 Å². The molecule has 0 atom stereocenters. The smallest absolute Gasteiger partial charge is 0.277 e. The van der Waals surface area contributed by atoms with Gasteiger partial charge in [-0.3, -0.25) is 9.48 Å². The molecule has 1 N–H and O–H groups in total. The van der Waals surface area contributed by atoms with E-state index >= 15 is 0 Å². The highest BCUT2D eigenvalue weighted by Crippen LogP contribution is 2.13. The van der Waals surface area contributed by atoms with Crippen molar-refractivity contribution < 1.29 is 4.79 Å². The van der Waals surface area contributed by atoms with Crippen molar-refractivity contribution >= 4 is 23.2 Å². The Kier molecular flexibility index (Phi) is 4.52. The number of anilines is 1. The summed E-state index contributed by atoms with van der Waals surface area (Å²) in [5, 5.41) is 10.3. The number of aromatic nitrogens is 3. The molecule has 0 bridgehead atoms. The van der Waals surface area contributed by atoms with Gasteiger partial charge in [-0.25, -0.2) is 0 Å². The molecule has 2 aromatic rings. The average Bonchev–Trinajstić information content (AvgIpc) is 2.83. The maximum atomic E-state index is 11.9. The zero-order valence-corrected chi connectivity index (χ0v) is 11.4. The number of aryl methyl sites for hydroxylation is 2. The second-order valence-electron chi connectivity index (χ2n) is 4.22. The molecular formula is C13H15ClN4O. The summed E-state index contributed by atoms with van der Waals surface area (Å²) in [5.41, 5.74) is 2.20. The lowest BCUT2D eigenvalue weighted by molar-refractivity contribution is 0.102. The van der Waals surface area contributed by atoms with E-state index in [1.165, 1.54) is 4.68 Å². The van der Waals surface area contributed by atoms with E-state index in [1.807, 2.05) is 24.3 Å². The van der Waals surface area contributed by atoms with Gasteiger partial charge >= 0.3 is 0 Å². The van der Waals surface area contributed by atoms with E-state index in [9.17, 15) is 4.79 Å². The molecule has 2 rings (SSSR count). The molecule has 0 unspecified atom stereocenters. The van der Waals surface area contributed by atoms with Crippen molar-refractivity contribution in [2.24, 2.45) is 7.05 Å². The van der Waals surface area contributed by atoms with Crippen molar-refractivity contribution in [1.29, 1.82) is 0 Å². The van der Waals surface area contributed by atoms with Crippen LogP contribution in [0.15, 0.2) is 30.5 Å². The fraction of sp³-hybridized carbons (Fsp3) is 0.308. The third kappa shape index (κ3) is 3.79. The topological polar surface area (TPSA) is 59.8 Å². The van der Waals surface area contributed by atoms with E-state index in [0.29, 0.717) is 11.6 Å². The van der Waals surface area contributed by atoms with Gasteiger partial charge in [-0.05, 0) is 30.5 Å². The Balaban J connectivity index is 2.04. The number of carbonyl (C=O) groups is 1. The summed E-state index contributed by atoms with van der Waals surface area (Å²) < 4.78 is 1.49. The maximum absolute atomic E-state index is 11.9. The minimum atomic E-state index is -0.261. The second kappa shape index (κ2) is 6.33. The molecule has 0 aliphatic rings. The Morgan fingerprint density at radius 2 is 2.32 bits per heavy atom. The average molecular weight is 279 g/mol. The van der Waals surface area contributed by atoms with Crippen LogP contribution in [-0.2, 0) is 13.5 Å². The maximum Gasteiger partial charge on any atom is 0.277 e. The summed E-state index contributed by atoms with van der Waals surface area (Å²) in [6.07, 6.45) is 3.40. The van der Waals surface area contributed by atoms with Crippen LogP contribution in [0.2, 0.25) is 0 Å². The molecule has 0 saturated heterocycles. The molecule has 5 nitrogen and oxygen atoms in total. The zero-order valence-electron chi connectivity index (χ0n) is 10.6. The standard InChI is InChI=1S/C13H15ClN4O/c1-18-9-12(16-17-18)13(19)15-11-6-2-4-10(8-11)5-3-7-14/h2,4,6,8-9H,3,5,7H2,1H3,(H,15,19). The van der Waals surface area contributed by atoms with Gasteiger partial charge in [-0.2, -0.15) is 0 Å². The van der Waals surface area contributed by atoms with Crippen molar-refractivity contribution in [2.75, 3.05) is 11.2 Å². The highest BCUT2D eigenvalue weighted by Gasteiger charge is 2.10. The number of rotatable bonds is 5. The largest absolute Gasteiger partial charge is 0.321 e. The monoisotopic (exact) mass is 278 g/mol. The molecule has 0 aliphatic carbocycles. The summed E-state index contributed by atoms with van der Waals surface area (Å²) in [7, 11) is 1.72. The van der Waals surface area contributed by atoms with E-state index in [0.717, 1.165) is 24.1 Å². The Morgan fingerprint density at radius 3 is 3.00 bits per heavy atom. The number of benzene rings is 1. The van der Waals surface area contributed by atoms with Gasteiger partial charge in [0.05, 0.1) is 6.20 Å². The number of alkyl halides is 1. The second-order valence-corrected chi connectivity index (χ2v) is 4.60. The van der Waals surface area contributed by atoms with Gasteiger partial charge in [0.15, 0.2) is 5.69 Å². The fourth-order valence-electron chi connectivity index (χ4n) is 1.72. The number of hydrogen-bond donors (Lipinski definition) is 1. The Hall–Kier alpha value is -1.88. The van der Waals surface area contributed by atoms with Gasteiger partial charge in [0, 0.05) is 18.6 Å². The highest BCUT2D eigenvalue weighted by atomic mass is 35.5. The Labute approximate surface area is 116 Å². The normalized spacial score (nSPS) is 10.4. The lowest BCUT2D eigenvalue weighted by Crippen LogP contribution is -2.12. The zero-order chi connectivity index (χ0) is 13.7. The first-order valence-corrected chi connectivity index (χ1v) is 6.55. The quantitative estimate of drug-likeness (QED) is 0.853. The molecule has 1 heterocycles. The molecule has 0 fully saturated rings. The molecule has 0 spiro atoms. The predicted molar refractivity (Wildman–Crippen MR) is 74.4 cm³/mol. The van der Waals surface area contributed by atoms with Crippen LogP contribution >= 0.6 is 11.6 Å². The summed E-state index contributed by atoms with van der Waals surface area (Å²) in [6.45, 7) is 0. The first kappa shape index (κ1) is 13.5. The molecule has 1 aromatic carbocycles. The van der Waals surface area contributed by atoms with E-state index in [-0.39, 0.29) is 5.91 Å². The van der Waals surface area contributed by atoms with E-state index in [1.54, 1.807) is 13.2 Å². The van der Waals surface area contributed by atoms with Crippen LogP contribution in [0.1, 0.15) is 22.5 Å². The van der Waals surface area contributed by atoms with E-state index in [2.05, 4.69) is 15.6 Å². The third-order valence-electron chi connectivity index (χ3n) is 2.62. The van der Waals surface area contributed by atoms with Crippen LogP contribution in [0.3, 0.4) is 0 Å². The van der Waals surface area contributed by atoms with Gasteiger partial charge < -0.3 is 5.32 Å². The lowest BCUT2D eigenvalue weighted by Gasteiger charge is -2.05. The minimum absolute atomic E-state index is 0.261. The number of nitrogens with one attached hydrogen (secondary N) is 1. The summed E-state index contributed by atoms with van der Waals surface area (Å²) >= 11 is 5.67. The highest BCUT2D eigenvalue weighted by molar-refractivity contribution is 6.17. The van der Waals surface area contributed by atoms with E-state index in [4.69, 9.17) is 11.6 Å². The SMILES string of the molecule is Cn1cc(C(=O)Nc2cccc(CCCCl)c2)nn1. The van der Waals surface area contributed by atoms with Crippen molar-refractivity contribution in [2.45, 2.75) is 12.8 Å². The lowest BCUT2D eigenvalue weighted by atomic mass is 10.1. The van der Waals surface area contributed by atoms with Crippen LogP contribution in [0.5, 0.6) is 0 Å².